The minimum absolute atomic E-state index is 0.105. The first-order valence-electron chi connectivity index (χ1n) is 9.20. The molecular formula is C22H14N6OS2. The lowest BCUT2D eigenvalue weighted by Gasteiger charge is -2.09. The minimum atomic E-state index is -0.379. The predicted molar refractivity (Wildman–Crippen MR) is 126 cm³/mol. The Bertz CT molecular complexity index is 1480. The van der Waals surface area contributed by atoms with E-state index in [2.05, 4.69) is 21.4 Å². The number of rotatable bonds is 3. The van der Waals surface area contributed by atoms with Crippen LogP contribution in [0.15, 0.2) is 54.6 Å². The van der Waals surface area contributed by atoms with Gasteiger partial charge in [-0.1, -0.05) is 53.8 Å². The van der Waals surface area contributed by atoms with Gasteiger partial charge in [-0.2, -0.15) is 5.26 Å². The first-order valence-corrected chi connectivity index (χ1v) is 10.8. The van der Waals surface area contributed by atoms with Crippen molar-refractivity contribution in [3.63, 3.8) is 0 Å². The summed E-state index contributed by atoms with van der Waals surface area (Å²) >= 11 is 2.52. The molecular weight excluding hydrogens is 428 g/mol. The molecule has 2 aromatic carbocycles. The molecule has 31 heavy (non-hydrogen) atoms. The summed E-state index contributed by atoms with van der Waals surface area (Å²) < 4.78 is 0.974. The molecule has 9 heteroatoms. The van der Waals surface area contributed by atoms with Crippen LogP contribution in [0, 0.1) is 11.3 Å². The summed E-state index contributed by atoms with van der Waals surface area (Å²) in [4.78, 5) is 22.6. The fourth-order valence-corrected chi connectivity index (χ4v) is 5.29. The summed E-state index contributed by atoms with van der Waals surface area (Å²) in [6.07, 6.45) is 0. The number of thiophene rings is 1. The van der Waals surface area contributed by atoms with Gasteiger partial charge in [-0.15, -0.1) is 11.3 Å². The molecule has 150 valence electrons. The van der Waals surface area contributed by atoms with E-state index in [0.29, 0.717) is 25.8 Å². The zero-order valence-corrected chi connectivity index (χ0v) is 17.6. The van der Waals surface area contributed by atoms with E-state index in [4.69, 9.17) is 11.5 Å². The Labute approximate surface area is 184 Å². The average Bonchev–Trinajstić information content (AvgIpc) is 3.33. The highest BCUT2D eigenvalue weighted by Crippen LogP contribution is 2.42. The molecule has 1 amide bonds. The second kappa shape index (κ2) is 7.36. The molecule has 0 spiro atoms. The van der Waals surface area contributed by atoms with E-state index in [-0.39, 0.29) is 23.0 Å². The quantitative estimate of drug-likeness (QED) is 0.366. The van der Waals surface area contributed by atoms with Gasteiger partial charge in [0, 0.05) is 10.9 Å². The molecule has 0 bridgehead atoms. The molecule has 0 unspecified atom stereocenters. The van der Waals surface area contributed by atoms with Gasteiger partial charge in [0.05, 0.1) is 15.9 Å². The Morgan fingerprint density at radius 2 is 1.74 bits per heavy atom. The number of hydrogen-bond donors (Lipinski definition) is 3. The lowest BCUT2D eigenvalue weighted by Crippen LogP contribution is -2.11. The summed E-state index contributed by atoms with van der Waals surface area (Å²) in [6, 6.07) is 19.1. The highest BCUT2D eigenvalue weighted by atomic mass is 32.1. The smallest absolute Gasteiger partial charge is 0.269 e. The number of nitriles is 1. The fourth-order valence-electron chi connectivity index (χ4n) is 3.43. The van der Waals surface area contributed by atoms with Gasteiger partial charge in [0.15, 0.2) is 5.13 Å². The van der Waals surface area contributed by atoms with Crippen molar-refractivity contribution in [1.29, 1.82) is 5.26 Å². The van der Waals surface area contributed by atoms with Crippen molar-refractivity contribution in [2.24, 2.45) is 0 Å². The fraction of sp³-hybridized carbons (Fsp3) is 0. The first-order chi connectivity index (χ1) is 15.1. The molecule has 5 aromatic rings. The van der Waals surface area contributed by atoms with Gasteiger partial charge >= 0.3 is 0 Å². The summed E-state index contributed by atoms with van der Waals surface area (Å²) in [5, 5.41) is 13.6. The topological polar surface area (TPSA) is 131 Å². The molecule has 0 saturated heterocycles. The zero-order valence-electron chi connectivity index (χ0n) is 15.9. The zero-order chi connectivity index (χ0) is 21.5. The molecule has 0 radical (unpaired) electrons. The Kier molecular flexibility index (Phi) is 4.51. The van der Waals surface area contributed by atoms with Gasteiger partial charge in [0.2, 0.25) is 0 Å². The second-order valence-electron chi connectivity index (χ2n) is 6.69. The summed E-state index contributed by atoms with van der Waals surface area (Å²) in [5.41, 5.74) is 15.2. The monoisotopic (exact) mass is 442 g/mol. The first kappa shape index (κ1) is 19.0. The van der Waals surface area contributed by atoms with Gasteiger partial charge in [-0.25, -0.2) is 9.97 Å². The molecule has 3 aromatic heterocycles. The average molecular weight is 443 g/mol. The van der Waals surface area contributed by atoms with Crippen LogP contribution in [0.2, 0.25) is 0 Å². The Balaban J connectivity index is 1.64. The molecule has 0 aliphatic heterocycles. The van der Waals surface area contributed by atoms with E-state index in [1.54, 1.807) is 0 Å². The number of carbonyl (C=O) groups is 1. The van der Waals surface area contributed by atoms with Crippen molar-refractivity contribution in [2.75, 3.05) is 16.8 Å². The predicted octanol–water partition coefficient (Wildman–Crippen LogP) is 4.86. The van der Waals surface area contributed by atoms with Crippen molar-refractivity contribution in [2.45, 2.75) is 0 Å². The van der Waals surface area contributed by atoms with Crippen molar-refractivity contribution < 1.29 is 4.79 Å². The number of anilines is 3. The van der Waals surface area contributed by atoms with Crippen molar-refractivity contribution in [3.05, 3.63) is 65.0 Å². The Hall–Kier alpha value is -4.00. The molecule has 0 aliphatic carbocycles. The summed E-state index contributed by atoms with van der Waals surface area (Å²) in [6.45, 7) is 0. The van der Waals surface area contributed by atoms with Crippen molar-refractivity contribution >= 4 is 65.7 Å². The SMILES string of the molecule is N#Cc1c(N)nc2sc(C(=O)Nc3nc4ccccc4s3)c(N)c2c1-c1ccccc1. The van der Waals surface area contributed by atoms with E-state index in [1.165, 1.54) is 11.3 Å². The number of para-hydroxylation sites is 1. The number of nitrogens with one attached hydrogen (secondary N) is 1. The molecule has 5 N–H and O–H groups in total. The van der Waals surface area contributed by atoms with E-state index in [0.717, 1.165) is 27.1 Å². The highest BCUT2D eigenvalue weighted by molar-refractivity contribution is 7.23. The van der Waals surface area contributed by atoms with Crippen LogP contribution in [0.5, 0.6) is 0 Å². The molecule has 0 fully saturated rings. The van der Waals surface area contributed by atoms with Crippen LogP contribution in [0.25, 0.3) is 31.6 Å². The van der Waals surface area contributed by atoms with Crippen LogP contribution in [0.3, 0.4) is 0 Å². The van der Waals surface area contributed by atoms with Crippen LogP contribution in [0.4, 0.5) is 16.6 Å². The maximum atomic E-state index is 13.0. The third-order valence-electron chi connectivity index (χ3n) is 4.80. The third kappa shape index (κ3) is 3.15. The van der Waals surface area contributed by atoms with Gasteiger partial charge in [0.25, 0.3) is 5.91 Å². The maximum Gasteiger partial charge on any atom is 0.269 e. The molecule has 0 aliphatic rings. The third-order valence-corrected chi connectivity index (χ3v) is 6.85. The lowest BCUT2D eigenvalue weighted by atomic mass is 9.97. The van der Waals surface area contributed by atoms with E-state index < -0.39 is 0 Å². The minimum Gasteiger partial charge on any atom is -0.397 e. The highest BCUT2D eigenvalue weighted by Gasteiger charge is 2.24. The number of nitrogens with two attached hydrogens (primary N) is 2. The number of fused-ring (bicyclic) bond motifs is 2. The van der Waals surface area contributed by atoms with Gasteiger partial charge < -0.3 is 11.5 Å². The number of nitrogen functional groups attached to an aromatic ring is 2. The largest absolute Gasteiger partial charge is 0.397 e. The van der Waals surface area contributed by atoms with Crippen LogP contribution in [-0.4, -0.2) is 15.9 Å². The van der Waals surface area contributed by atoms with Crippen molar-refractivity contribution in [3.8, 4) is 17.2 Å². The molecule has 5 rings (SSSR count). The molecule has 3 heterocycles. The lowest BCUT2D eigenvalue weighted by molar-refractivity contribution is 0.103. The van der Waals surface area contributed by atoms with Gasteiger partial charge in [-0.3, -0.25) is 10.1 Å². The van der Waals surface area contributed by atoms with Crippen LogP contribution >= 0.6 is 22.7 Å². The summed E-state index contributed by atoms with van der Waals surface area (Å²) in [5.74, 6) is -0.274. The van der Waals surface area contributed by atoms with Gasteiger partial charge in [-0.05, 0) is 17.7 Å². The van der Waals surface area contributed by atoms with Gasteiger partial charge in [0.1, 0.15) is 27.2 Å². The number of benzene rings is 2. The normalized spacial score (nSPS) is 10.9. The van der Waals surface area contributed by atoms with E-state index >= 15 is 0 Å². The Morgan fingerprint density at radius 3 is 2.48 bits per heavy atom. The van der Waals surface area contributed by atoms with Crippen LogP contribution in [-0.2, 0) is 0 Å². The second-order valence-corrected chi connectivity index (χ2v) is 8.72. The molecule has 0 saturated carbocycles. The number of thiazole rings is 1. The number of hydrogen-bond acceptors (Lipinski definition) is 8. The van der Waals surface area contributed by atoms with Crippen molar-refractivity contribution in [1.82, 2.24) is 9.97 Å². The van der Waals surface area contributed by atoms with Crippen LogP contribution < -0.4 is 16.8 Å². The number of carbonyl (C=O) groups excluding carboxylic acids is 1. The maximum absolute atomic E-state index is 13.0. The van der Waals surface area contributed by atoms with E-state index in [9.17, 15) is 10.1 Å². The number of aromatic nitrogens is 2. The molecule has 0 atom stereocenters. The van der Waals surface area contributed by atoms with E-state index in [1.807, 2.05) is 54.6 Å². The number of amides is 1. The molecule has 7 nitrogen and oxygen atoms in total. The Morgan fingerprint density at radius 1 is 1.00 bits per heavy atom. The number of pyridine rings is 1. The van der Waals surface area contributed by atoms with Crippen LogP contribution in [0.1, 0.15) is 15.2 Å². The number of nitrogens with zero attached hydrogens (tertiary/aromatic N) is 3. The standard InChI is InChI=1S/C22H14N6OS2/c23-10-12-15(11-6-2-1-3-7-11)16-17(24)18(31-21(16)27-19(12)25)20(29)28-22-26-13-8-4-5-9-14(13)30-22/h1-9H,24H2,(H2,25,27)(H,26,28,29). The summed E-state index contributed by atoms with van der Waals surface area (Å²) in [7, 11) is 0.